The zero-order valence-corrected chi connectivity index (χ0v) is 51.4. The van der Waals surface area contributed by atoms with Crippen LogP contribution in [0.25, 0.3) is 0 Å². The maximum absolute atomic E-state index is 15.2. The minimum absolute atomic E-state index is 0.0254. The number of aliphatic hydroxyl groups excluding tert-OH is 17. The second-order valence-corrected chi connectivity index (χ2v) is 29.0. The average molecular weight is 1300 g/mol. The number of allylic oxidation sites excluding steroid dienone is 2. The van der Waals surface area contributed by atoms with Crippen molar-refractivity contribution in [3.8, 4) is 0 Å². The maximum atomic E-state index is 15.2. The number of esters is 1. The molecule has 0 aromatic rings. The van der Waals surface area contributed by atoms with Gasteiger partial charge < -0.3 is 139 Å². The molecule has 18 N–H and O–H groups in total. The third kappa shape index (κ3) is 11.7. The van der Waals surface area contributed by atoms with Crippen molar-refractivity contribution in [2.75, 3.05) is 33.0 Å². The minimum atomic E-state index is -2.03. The van der Waals surface area contributed by atoms with Crippen molar-refractivity contribution < 1.29 is 149 Å². The molecule has 0 bridgehead atoms. The number of hydrogen-bond donors (Lipinski definition) is 18. The van der Waals surface area contributed by atoms with E-state index in [1.165, 1.54) is 0 Å². The number of carboxylic acid groups (broad SMARTS) is 1. The van der Waals surface area contributed by atoms with Gasteiger partial charge in [-0.2, -0.15) is 0 Å². The first-order valence-corrected chi connectivity index (χ1v) is 31.5. The summed E-state index contributed by atoms with van der Waals surface area (Å²) in [6.45, 7) is 9.47. The van der Waals surface area contributed by atoms with Gasteiger partial charge in [0.25, 0.3) is 0 Å². The highest BCUT2D eigenvalue weighted by Crippen LogP contribution is 2.76. The largest absolute Gasteiger partial charge is 0.479 e. The number of fused-ring (bicyclic) bond motifs is 7. The fourth-order valence-electron chi connectivity index (χ4n) is 17.9. The molecule has 5 saturated heterocycles. The van der Waals surface area contributed by atoms with Gasteiger partial charge in [0, 0.05) is 5.41 Å². The van der Waals surface area contributed by atoms with Crippen molar-refractivity contribution in [3.05, 3.63) is 11.6 Å². The zero-order chi connectivity index (χ0) is 65.9. The SMILES string of the molecule is CC1(C)CC[C@@]2(C(=O)O[C@@H]3O[C@H](CO[C@@H]4O[C@H](CO)[C@H](O[C@@H]5O[C@H](CO)[C@@H](O)[C@@H](O)[C@H]5O)[C@H](O)[C@H]4O)[C@H](O)[C@@H](O)[C@@H]3O)CC[C@@]3(C)C(=CC[C@H]4[C@@]5(C)CC[C@@H](O[C@H]6O[C@@H](C(=O)O)[C@H](O[C@@H]7O[C@H](CO)[C@H](O)[C@@H](O)[C@H]7O)[C@@H](O)[C@@H]6O)[C@](C)(CO)[C@@H]5CC[C@]43C)[C@@H]2C1. The molecule has 10 rings (SSSR count). The molecule has 0 amide bonds. The number of ether oxygens (including phenoxy) is 10. The lowest BCUT2D eigenvalue weighted by Crippen LogP contribution is -2.68. The van der Waals surface area contributed by atoms with Crippen molar-refractivity contribution in [3.63, 3.8) is 0 Å². The van der Waals surface area contributed by atoms with Crippen molar-refractivity contribution in [1.29, 1.82) is 0 Å². The van der Waals surface area contributed by atoms with E-state index in [9.17, 15) is 96.7 Å². The standard InChI is InChI=1S/C60H96O30/c1-55(2)13-15-60(54(80)90-52-42(75)37(70)34(67)28(85-52)21-81-49-43(76)38(71)45(27(20-63)84-49)87-50-40(73)35(68)32(65)25(18-61)82-50)16-14-58(5)23(24(60)17-55)7-8-30-56(3)11-10-31(57(4,22-64)29(56)9-12-59(30,58)6)86-53-44(77)39(72)46(47(89-53)48(78)79)88-51-41(74)36(69)33(66)26(19-62)83-51/h7,24-47,49-53,61-77H,8-22H2,1-6H3,(H,78,79)/t24-,25+,26+,27+,28+,29+,30-,31+,32+,33-,34-,35+,36+,37+,38+,39-,40+,41+,42-,43+,44-,45-,46+,47+,49+,50-,51-,52-,53-,56-,57+,58-,59+,60+/m0/s1. The summed E-state index contributed by atoms with van der Waals surface area (Å²) in [7, 11) is 0. The van der Waals surface area contributed by atoms with Gasteiger partial charge in [0.1, 0.15) is 116 Å². The number of aliphatic carboxylic acids is 1. The van der Waals surface area contributed by atoms with Gasteiger partial charge in [-0.05, 0) is 104 Å². The van der Waals surface area contributed by atoms with E-state index in [-0.39, 0.29) is 35.2 Å². The van der Waals surface area contributed by atoms with Gasteiger partial charge in [0.05, 0.1) is 44.6 Å². The van der Waals surface area contributed by atoms with E-state index in [4.69, 9.17) is 47.4 Å². The lowest BCUT2D eigenvalue weighted by molar-refractivity contribution is -0.364. The molecule has 0 radical (unpaired) electrons. The second kappa shape index (κ2) is 26.2. The molecular formula is C60H96O30. The van der Waals surface area contributed by atoms with Crippen LogP contribution < -0.4 is 0 Å². The monoisotopic (exact) mass is 1300 g/mol. The molecule has 5 heterocycles. The highest BCUT2D eigenvalue weighted by Gasteiger charge is 2.71. The average Bonchev–Trinajstić information content (AvgIpc) is 0.679. The topological polar surface area (TPSA) is 491 Å². The van der Waals surface area contributed by atoms with Gasteiger partial charge in [-0.25, -0.2) is 4.79 Å². The minimum Gasteiger partial charge on any atom is -0.479 e. The third-order valence-corrected chi connectivity index (χ3v) is 23.6. The van der Waals surface area contributed by atoms with Crippen LogP contribution in [0.5, 0.6) is 0 Å². The Morgan fingerprint density at radius 3 is 1.59 bits per heavy atom. The number of aliphatic hydroxyl groups is 17. The van der Waals surface area contributed by atoms with Crippen LogP contribution >= 0.6 is 0 Å². The fraction of sp³-hybridized carbons (Fsp3) is 0.933. The summed E-state index contributed by atoms with van der Waals surface area (Å²) in [6.07, 6.45) is -38.2. The van der Waals surface area contributed by atoms with Gasteiger partial charge in [-0.1, -0.05) is 53.2 Å². The molecule has 9 fully saturated rings. The van der Waals surface area contributed by atoms with Crippen LogP contribution in [-0.4, -0.2) is 297 Å². The summed E-state index contributed by atoms with van der Waals surface area (Å²) < 4.78 is 58.0. The molecule has 0 aromatic heterocycles. The van der Waals surface area contributed by atoms with Crippen LogP contribution in [0.3, 0.4) is 0 Å². The molecule has 516 valence electrons. The van der Waals surface area contributed by atoms with Crippen LogP contribution in [0.4, 0.5) is 0 Å². The Kier molecular flexibility index (Phi) is 20.5. The molecule has 90 heavy (non-hydrogen) atoms. The predicted octanol–water partition coefficient (Wildman–Crippen LogP) is -5.15. The molecule has 30 heteroatoms. The van der Waals surface area contributed by atoms with Crippen LogP contribution in [0.2, 0.25) is 0 Å². The summed E-state index contributed by atoms with van der Waals surface area (Å²) in [5, 5.41) is 193. The van der Waals surface area contributed by atoms with Crippen molar-refractivity contribution in [2.45, 2.75) is 265 Å². The molecular weight excluding hydrogens is 1200 g/mol. The highest BCUT2D eigenvalue weighted by atomic mass is 16.8. The first-order chi connectivity index (χ1) is 42.2. The molecule has 5 aliphatic carbocycles. The van der Waals surface area contributed by atoms with Crippen LogP contribution in [0.1, 0.15) is 106 Å². The molecule has 0 unspecified atom stereocenters. The van der Waals surface area contributed by atoms with Gasteiger partial charge in [-0.15, -0.1) is 0 Å². The summed E-state index contributed by atoms with van der Waals surface area (Å²) in [4.78, 5) is 28.0. The highest BCUT2D eigenvalue weighted by molar-refractivity contribution is 5.79. The Labute approximate surface area is 519 Å². The summed E-state index contributed by atoms with van der Waals surface area (Å²) in [5.41, 5.74) is -2.53. The molecule has 34 atom stereocenters. The van der Waals surface area contributed by atoms with Crippen molar-refractivity contribution in [2.24, 2.45) is 50.2 Å². The van der Waals surface area contributed by atoms with Crippen LogP contribution in [0, 0.1) is 50.2 Å². The number of rotatable bonds is 16. The van der Waals surface area contributed by atoms with E-state index in [0.29, 0.717) is 64.2 Å². The van der Waals surface area contributed by atoms with Crippen molar-refractivity contribution in [1.82, 2.24) is 0 Å². The molecule has 0 aromatic carbocycles. The van der Waals surface area contributed by atoms with E-state index < -0.39 is 220 Å². The Morgan fingerprint density at radius 2 is 1.01 bits per heavy atom. The Bertz CT molecular complexity index is 2540. The summed E-state index contributed by atoms with van der Waals surface area (Å²) >= 11 is 0. The number of carboxylic acids is 1. The summed E-state index contributed by atoms with van der Waals surface area (Å²) in [5.74, 6) is -2.84. The van der Waals surface area contributed by atoms with E-state index in [0.717, 1.165) is 5.57 Å². The normalized spacial score (nSPS) is 53.6. The van der Waals surface area contributed by atoms with Gasteiger partial charge in [0.2, 0.25) is 6.29 Å². The van der Waals surface area contributed by atoms with E-state index in [1.54, 1.807) is 0 Å². The lowest BCUT2D eigenvalue weighted by atomic mass is 9.33. The van der Waals surface area contributed by atoms with Crippen LogP contribution in [0.15, 0.2) is 11.6 Å². The fourth-order valence-corrected chi connectivity index (χ4v) is 17.9. The van der Waals surface area contributed by atoms with E-state index in [2.05, 4.69) is 40.7 Å². The Balaban J connectivity index is 0.822. The van der Waals surface area contributed by atoms with E-state index >= 15 is 4.79 Å². The second-order valence-electron chi connectivity index (χ2n) is 29.0. The Hall–Kier alpha value is -2.36. The van der Waals surface area contributed by atoms with Crippen molar-refractivity contribution >= 4 is 11.9 Å². The third-order valence-electron chi connectivity index (χ3n) is 23.6. The number of carbonyl (C=O) groups is 2. The van der Waals surface area contributed by atoms with E-state index in [1.807, 2.05) is 6.92 Å². The maximum Gasteiger partial charge on any atom is 0.335 e. The van der Waals surface area contributed by atoms with Gasteiger partial charge in [0.15, 0.2) is 31.3 Å². The lowest BCUT2D eigenvalue weighted by Gasteiger charge is -2.71. The Morgan fingerprint density at radius 1 is 0.511 bits per heavy atom. The molecule has 10 aliphatic rings. The van der Waals surface area contributed by atoms with Crippen LogP contribution in [-0.2, 0) is 57.0 Å². The first-order valence-electron chi connectivity index (χ1n) is 31.5. The number of hydrogen-bond acceptors (Lipinski definition) is 29. The smallest absolute Gasteiger partial charge is 0.335 e. The van der Waals surface area contributed by atoms with Gasteiger partial charge >= 0.3 is 11.9 Å². The number of carbonyl (C=O) groups excluding carboxylic acids is 1. The zero-order valence-electron chi connectivity index (χ0n) is 51.4. The predicted molar refractivity (Wildman–Crippen MR) is 297 cm³/mol. The molecule has 4 saturated carbocycles. The molecule has 5 aliphatic heterocycles. The summed E-state index contributed by atoms with van der Waals surface area (Å²) in [6, 6.07) is 0. The molecule has 0 spiro atoms. The molecule has 30 nitrogen and oxygen atoms in total. The first kappa shape index (κ1) is 70.4. The van der Waals surface area contributed by atoms with Gasteiger partial charge in [-0.3, -0.25) is 4.79 Å². The quantitative estimate of drug-likeness (QED) is 0.0390.